The number of Topliss-reactive ketones (excluding diaryl/α,β-unsaturated/α-hetero) is 1. The lowest BCUT2D eigenvalue weighted by atomic mass is 10.1. The van der Waals surface area contributed by atoms with Crippen LogP contribution in [0, 0.1) is 0 Å². The van der Waals surface area contributed by atoms with Crippen molar-refractivity contribution in [2.24, 2.45) is 0 Å². The Bertz CT molecular complexity index is 746. The van der Waals surface area contributed by atoms with Crippen molar-refractivity contribution in [2.45, 2.75) is 13.5 Å². The van der Waals surface area contributed by atoms with Crippen molar-refractivity contribution in [3.63, 3.8) is 0 Å². The molecule has 118 valence electrons. The van der Waals surface area contributed by atoms with Crippen LogP contribution in [0.15, 0.2) is 53.0 Å². The minimum Gasteiger partial charge on any atom is -0.314 e. The van der Waals surface area contributed by atoms with E-state index in [1.54, 1.807) is 11.0 Å². The van der Waals surface area contributed by atoms with Gasteiger partial charge < -0.3 is 4.90 Å². The number of ketones is 1. The number of quaternary nitrogens is 1. The summed E-state index contributed by atoms with van der Waals surface area (Å²) in [6.07, 6.45) is 0. The first kappa shape index (κ1) is 15.9. The van der Waals surface area contributed by atoms with Gasteiger partial charge >= 0.3 is 5.91 Å². The SMILES string of the molecule is CC[NH+](Cc1ccccc1)CN1C(=O)C(=O)c2cc(Br)ccc21. The fourth-order valence-corrected chi connectivity index (χ4v) is 3.19. The van der Waals surface area contributed by atoms with E-state index in [0.717, 1.165) is 17.6 Å². The first-order valence-corrected chi connectivity index (χ1v) is 8.42. The molecular formula is C18H18BrN2O2+. The van der Waals surface area contributed by atoms with Gasteiger partial charge in [-0.15, -0.1) is 0 Å². The van der Waals surface area contributed by atoms with Gasteiger partial charge in [0, 0.05) is 10.0 Å². The molecule has 0 saturated carbocycles. The van der Waals surface area contributed by atoms with Crippen LogP contribution in [0.4, 0.5) is 5.69 Å². The molecule has 3 rings (SSSR count). The number of hydrogen-bond acceptors (Lipinski definition) is 2. The number of hydrogen-bond donors (Lipinski definition) is 1. The third kappa shape index (κ3) is 3.21. The van der Waals surface area contributed by atoms with Crippen molar-refractivity contribution in [3.8, 4) is 0 Å². The Morgan fingerprint density at radius 3 is 2.52 bits per heavy atom. The number of anilines is 1. The second-order valence-electron chi connectivity index (χ2n) is 5.65. The quantitative estimate of drug-likeness (QED) is 0.814. The molecule has 5 heteroatoms. The van der Waals surface area contributed by atoms with Gasteiger partial charge in [-0.2, -0.15) is 0 Å². The second-order valence-corrected chi connectivity index (χ2v) is 6.56. The molecule has 0 saturated heterocycles. The van der Waals surface area contributed by atoms with Crippen LogP contribution in [0.5, 0.6) is 0 Å². The zero-order chi connectivity index (χ0) is 16.4. The highest BCUT2D eigenvalue weighted by Crippen LogP contribution is 2.30. The van der Waals surface area contributed by atoms with E-state index < -0.39 is 11.7 Å². The molecule has 0 spiro atoms. The van der Waals surface area contributed by atoms with Crippen molar-refractivity contribution < 1.29 is 14.5 Å². The van der Waals surface area contributed by atoms with E-state index >= 15 is 0 Å². The largest absolute Gasteiger partial charge is 0.314 e. The van der Waals surface area contributed by atoms with Gasteiger partial charge in [-0.1, -0.05) is 46.3 Å². The molecule has 0 radical (unpaired) electrons. The Morgan fingerprint density at radius 2 is 1.83 bits per heavy atom. The van der Waals surface area contributed by atoms with Crippen LogP contribution in [-0.2, 0) is 11.3 Å². The maximum Gasteiger partial charge on any atom is 0.303 e. The van der Waals surface area contributed by atoms with Crippen LogP contribution in [-0.4, -0.2) is 24.9 Å². The van der Waals surface area contributed by atoms with Gasteiger partial charge in [-0.3, -0.25) is 14.5 Å². The third-order valence-corrected chi connectivity index (χ3v) is 4.61. The number of amides is 1. The number of halogens is 1. The number of fused-ring (bicyclic) bond motifs is 1. The molecule has 2 aromatic rings. The maximum atomic E-state index is 12.3. The summed E-state index contributed by atoms with van der Waals surface area (Å²) in [4.78, 5) is 27.3. The van der Waals surface area contributed by atoms with Gasteiger partial charge in [0.2, 0.25) is 0 Å². The molecule has 23 heavy (non-hydrogen) atoms. The average Bonchev–Trinajstić information content (AvgIpc) is 2.79. The fourth-order valence-electron chi connectivity index (χ4n) is 2.83. The molecule has 0 bridgehead atoms. The topological polar surface area (TPSA) is 41.8 Å². The van der Waals surface area contributed by atoms with Crippen LogP contribution >= 0.6 is 15.9 Å². The van der Waals surface area contributed by atoms with Crippen LogP contribution in [0.2, 0.25) is 0 Å². The van der Waals surface area contributed by atoms with Crippen molar-refractivity contribution in [1.82, 2.24) is 0 Å². The molecule has 1 unspecified atom stereocenters. The number of carbonyl (C=O) groups is 2. The molecule has 0 fully saturated rings. The molecule has 4 nitrogen and oxygen atoms in total. The van der Waals surface area contributed by atoms with E-state index in [4.69, 9.17) is 0 Å². The van der Waals surface area contributed by atoms with Crippen LogP contribution in [0.25, 0.3) is 0 Å². The molecule has 1 aliphatic heterocycles. The van der Waals surface area contributed by atoms with Crippen molar-refractivity contribution >= 4 is 33.3 Å². The van der Waals surface area contributed by atoms with Gasteiger partial charge in [0.05, 0.1) is 17.8 Å². The molecule has 1 atom stereocenters. The van der Waals surface area contributed by atoms with Crippen LogP contribution in [0.3, 0.4) is 0 Å². The predicted molar refractivity (Wildman–Crippen MR) is 92.5 cm³/mol. The first-order valence-electron chi connectivity index (χ1n) is 7.63. The summed E-state index contributed by atoms with van der Waals surface area (Å²) in [7, 11) is 0. The fraction of sp³-hybridized carbons (Fsp3) is 0.222. The molecule has 1 aliphatic rings. The summed E-state index contributed by atoms with van der Waals surface area (Å²) < 4.78 is 0.809. The van der Waals surface area contributed by atoms with Gasteiger partial charge in [0.1, 0.15) is 6.54 Å². The number of benzene rings is 2. The lowest BCUT2D eigenvalue weighted by molar-refractivity contribution is -0.910. The summed E-state index contributed by atoms with van der Waals surface area (Å²) >= 11 is 3.35. The van der Waals surface area contributed by atoms with Crippen LogP contribution < -0.4 is 9.80 Å². The molecule has 0 aromatic heterocycles. The zero-order valence-electron chi connectivity index (χ0n) is 12.9. The minimum absolute atomic E-state index is 0.420. The maximum absolute atomic E-state index is 12.3. The van der Waals surface area contributed by atoms with Gasteiger partial charge in [-0.05, 0) is 25.1 Å². The normalized spacial score (nSPS) is 15.0. The summed E-state index contributed by atoms with van der Waals surface area (Å²) in [5, 5.41) is 0. The van der Waals surface area contributed by atoms with E-state index in [2.05, 4.69) is 35.0 Å². The smallest absolute Gasteiger partial charge is 0.303 e. The van der Waals surface area contributed by atoms with Gasteiger partial charge in [0.25, 0.3) is 5.78 Å². The number of nitrogens with zero attached hydrogens (tertiary/aromatic N) is 1. The summed E-state index contributed by atoms with van der Waals surface area (Å²) in [6, 6.07) is 15.6. The standard InChI is InChI=1S/C18H17BrN2O2/c1-2-20(11-13-6-4-3-5-7-13)12-21-16-9-8-14(19)10-15(16)17(22)18(21)23/h3-10H,2,11-12H2,1H3/p+1. The lowest BCUT2D eigenvalue weighted by Crippen LogP contribution is -3.12. The Balaban J connectivity index is 1.81. The lowest BCUT2D eigenvalue weighted by Gasteiger charge is -2.24. The van der Waals surface area contributed by atoms with E-state index in [-0.39, 0.29) is 0 Å². The highest BCUT2D eigenvalue weighted by atomic mass is 79.9. The molecule has 2 aromatic carbocycles. The van der Waals surface area contributed by atoms with Crippen molar-refractivity contribution in [3.05, 3.63) is 64.1 Å². The summed E-state index contributed by atoms with van der Waals surface area (Å²) in [5.41, 5.74) is 2.42. The Kier molecular flexibility index (Phi) is 4.59. The van der Waals surface area contributed by atoms with E-state index in [9.17, 15) is 9.59 Å². The van der Waals surface area contributed by atoms with Gasteiger partial charge in [-0.25, -0.2) is 0 Å². The zero-order valence-corrected chi connectivity index (χ0v) is 14.5. The van der Waals surface area contributed by atoms with E-state index in [0.29, 0.717) is 17.9 Å². The number of carbonyl (C=O) groups excluding carboxylic acids is 2. The van der Waals surface area contributed by atoms with E-state index in [1.807, 2.05) is 30.3 Å². The molecule has 1 amide bonds. The predicted octanol–water partition coefficient (Wildman–Crippen LogP) is 2.04. The highest BCUT2D eigenvalue weighted by molar-refractivity contribution is 9.10. The molecule has 1 N–H and O–H groups in total. The molecule has 0 aliphatic carbocycles. The first-order chi connectivity index (χ1) is 11.1. The molecule has 1 heterocycles. The van der Waals surface area contributed by atoms with Crippen molar-refractivity contribution in [1.29, 1.82) is 0 Å². The Hall–Kier alpha value is -1.98. The number of nitrogens with one attached hydrogen (secondary N) is 1. The van der Waals surface area contributed by atoms with E-state index in [1.165, 1.54) is 10.5 Å². The summed E-state index contributed by atoms with van der Waals surface area (Å²) in [6.45, 7) is 4.27. The minimum atomic E-state index is -0.433. The number of rotatable bonds is 5. The summed E-state index contributed by atoms with van der Waals surface area (Å²) in [5.74, 6) is -0.853. The third-order valence-electron chi connectivity index (χ3n) is 4.11. The Labute approximate surface area is 143 Å². The second kappa shape index (κ2) is 6.64. The van der Waals surface area contributed by atoms with Crippen molar-refractivity contribution in [2.75, 3.05) is 18.1 Å². The highest BCUT2D eigenvalue weighted by Gasteiger charge is 2.37. The van der Waals surface area contributed by atoms with Crippen LogP contribution in [0.1, 0.15) is 22.8 Å². The Morgan fingerprint density at radius 1 is 1.09 bits per heavy atom. The average molecular weight is 374 g/mol. The monoisotopic (exact) mass is 373 g/mol. The van der Waals surface area contributed by atoms with Gasteiger partial charge in [0.15, 0.2) is 6.67 Å². The molecular weight excluding hydrogens is 356 g/mol.